The van der Waals surface area contributed by atoms with Crippen LogP contribution in [-0.2, 0) is 16.1 Å². The van der Waals surface area contributed by atoms with Crippen molar-refractivity contribution >= 4 is 29.7 Å². The average molecular weight is 596 g/mol. The maximum Gasteiger partial charge on any atom is 0.410 e. The number of rotatable bonds is 4. The minimum atomic E-state index is -1.25. The van der Waals surface area contributed by atoms with Crippen LogP contribution in [0.25, 0.3) is 6.08 Å². The summed E-state index contributed by atoms with van der Waals surface area (Å²) < 4.78 is 18.7. The van der Waals surface area contributed by atoms with E-state index in [9.17, 15) is 19.1 Å². The monoisotopic (exact) mass is 595 g/mol. The summed E-state index contributed by atoms with van der Waals surface area (Å²) in [4.78, 5) is 31.2. The van der Waals surface area contributed by atoms with Crippen LogP contribution in [0.5, 0.6) is 0 Å². The number of aliphatic hydroxyl groups is 1. The van der Waals surface area contributed by atoms with Gasteiger partial charge in [-0.25, -0.2) is 9.18 Å². The largest absolute Gasteiger partial charge is 0.444 e. The van der Waals surface area contributed by atoms with Crippen molar-refractivity contribution < 1.29 is 23.8 Å². The molecule has 2 fully saturated rings. The zero-order valence-corrected chi connectivity index (χ0v) is 25.5. The van der Waals surface area contributed by atoms with Gasteiger partial charge in [-0.2, -0.15) is 0 Å². The molecule has 2 amide bonds. The predicted octanol–water partition coefficient (Wildman–Crippen LogP) is 5.34. The lowest BCUT2D eigenvalue weighted by Gasteiger charge is -2.39. The van der Waals surface area contributed by atoms with Gasteiger partial charge in [0, 0.05) is 74.8 Å². The number of piperazine rings is 1. The molecule has 2 aromatic rings. The molecule has 2 aliphatic heterocycles. The van der Waals surface area contributed by atoms with Gasteiger partial charge in [-0.3, -0.25) is 9.69 Å². The summed E-state index contributed by atoms with van der Waals surface area (Å²) in [6.45, 7) is 10.9. The van der Waals surface area contributed by atoms with E-state index in [0.717, 1.165) is 24.2 Å². The third kappa shape index (κ3) is 8.81. The van der Waals surface area contributed by atoms with E-state index >= 15 is 0 Å². The van der Waals surface area contributed by atoms with Crippen LogP contribution in [0.1, 0.15) is 57.2 Å². The molecule has 7 nitrogen and oxygen atoms in total. The Hall–Kier alpha value is -3.38. The Morgan fingerprint density at radius 2 is 1.81 bits per heavy atom. The smallest absolute Gasteiger partial charge is 0.410 e. The van der Waals surface area contributed by atoms with Gasteiger partial charge in [0.15, 0.2) is 0 Å². The van der Waals surface area contributed by atoms with Crippen LogP contribution in [-0.4, -0.2) is 81.8 Å². The number of hydrogen-bond acceptors (Lipinski definition) is 5. The van der Waals surface area contributed by atoms with Gasteiger partial charge in [0.25, 0.3) is 0 Å². The van der Waals surface area contributed by atoms with Gasteiger partial charge in [0.05, 0.1) is 0 Å². The first-order valence-electron chi connectivity index (χ1n) is 14.3. The van der Waals surface area contributed by atoms with Crippen molar-refractivity contribution in [3.05, 3.63) is 76.1 Å². The normalized spacial score (nSPS) is 19.4. The fourth-order valence-corrected chi connectivity index (χ4v) is 5.26. The highest BCUT2D eigenvalue weighted by atomic mass is 35.5. The summed E-state index contributed by atoms with van der Waals surface area (Å²) >= 11 is 6.25. The highest BCUT2D eigenvalue weighted by molar-refractivity contribution is 6.30. The molecule has 0 radical (unpaired) electrons. The van der Waals surface area contributed by atoms with Crippen LogP contribution in [0.4, 0.5) is 9.18 Å². The molecule has 42 heavy (non-hydrogen) atoms. The topological polar surface area (TPSA) is 73.3 Å². The van der Waals surface area contributed by atoms with E-state index in [-0.39, 0.29) is 17.8 Å². The first kappa shape index (κ1) is 31.6. The number of nitrogens with zero attached hydrogens (tertiary/aromatic N) is 3. The van der Waals surface area contributed by atoms with Crippen molar-refractivity contribution in [2.24, 2.45) is 0 Å². The van der Waals surface area contributed by atoms with Gasteiger partial charge in [-0.05, 0) is 69.2 Å². The molecule has 0 aliphatic carbocycles. The zero-order valence-electron chi connectivity index (χ0n) is 24.7. The van der Waals surface area contributed by atoms with Crippen LogP contribution in [0.3, 0.4) is 0 Å². The number of piperidine rings is 1. The average Bonchev–Trinajstić information content (AvgIpc) is 2.92. The molecule has 1 atom stereocenters. The summed E-state index contributed by atoms with van der Waals surface area (Å²) in [7, 11) is 0. The number of carbonyl (C=O) groups excluding carboxylic acids is 2. The lowest BCUT2D eigenvalue weighted by molar-refractivity contribution is -0.130. The first-order valence-corrected chi connectivity index (χ1v) is 14.7. The van der Waals surface area contributed by atoms with Gasteiger partial charge < -0.3 is 19.6 Å². The third-order valence-corrected chi connectivity index (χ3v) is 7.64. The van der Waals surface area contributed by atoms with Crippen molar-refractivity contribution in [2.75, 3.05) is 32.7 Å². The van der Waals surface area contributed by atoms with Crippen molar-refractivity contribution in [3.8, 4) is 11.8 Å². The van der Waals surface area contributed by atoms with Crippen LogP contribution in [0.15, 0.2) is 48.5 Å². The van der Waals surface area contributed by atoms with E-state index < -0.39 is 17.3 Å². The zero-order chi connectivity index (χ0) is 30.5. The lowest BCUT2D eigenvalue weighted by atomic mass is 9.91. The maximum atomic E-state index is 13.2. The summed E-state index contributed by atoms with van der Waals surface area (Å²) in [6.07, 6.45) is 3.49. The lowest BCUT2D eigenvalue weighted by Crippen LogP contribution is -2.53. The molecule has 0 saturated carbocycles. The van der Waals surface area contributed by atoms with E-state index in [1.807, 2.05) is 32.6 Å². The predicted molar refractivity (Wildman–Crippen MR) is 162 cm³/mol. The summed E-state index contributed by atoms with van der Waals surface area (Å²) in [6, 6.07) is 11.8. The van der Waals surface area contributed by atoms with Gasteiger partial charge in [0.2, 0.25) is 5.91 Å². The number of carbonyl (C=O) groups is 2. The van der Waals surface area contributed by atoms with E-state index in [0.29, 0.717) is 49.6 Å². The fraction of sp³-hybridized carbons (Fsp3) is 0.455. The summed E-state index contributed by atoms with van der Waals surface area (Å²) in [5.41, 5.74) is 0.531. The molecule has 2 saturated heterocycles. The molecule has 2 aliphatic rings. The fourth-order valence-electron chi connectivity index (χ4n) is 5.09. The second-order valence-corrected chi connectivity index (χ2v) is 12.5. The highest BCUT2D eigenvalue weighted by Crippen LogP contribution is 2.24. The molecular formula is C33H39ClFN3O4. The molecule has 1 N–H and O–H groups in total. The van der Waals surface area contributed by atoms with Crippen molar-refractivity contribution in [1.29, 1.82) is 0 Å². The van der Waals surface area contributed by atoms with Crippen LogP contribution >= 0.6 is 11.6 Å². The molecule has 2 heterocycles. The standard InChI is InChI=1S/C33H39ClFN3O4/c1-24-22-36(23-25-5-10-29(35)11-6-25)19-20-38(24)30(39)12-8-26-7-9-28(34)21-27(26)13-14-33(41)15-17-37(18-16-33)31(40)42-32(2,3)4/h5-12,21,24,41H,15-20,22-23H2,1-4H3/t24-/m1/s1. The van der Waals surface area contributed by atoms with E-state index in [1.54, 1.807) is 47.4 Å². The quantitative estimate of drug-likeness (QED) is 0.382. The van der Waals surface area contributed by atoms with Gasteiger partial charge in [0.1, 0.15) is 17.0 Å². The SMILES string of the molecule is C[C@@H]1CN(Cc2ccc(F)cc2)CCN1C(=O)C=Cc1ccc(Cl)cc1C#CC1(O)CCN(C(=O)OC(C)(C)C)CC1. The van der Waals surface area contributed by atoms with Crippen LogP contribution in [0, 0.1) is 17.7 Å². The van der Waals surface area contributed by atoms with Gasteiger partial charge >= 0.3 is 6.09 Å². The number of amides is 2. The third-order valence-electron chi connectivity index (χ3n) is 7.41. The Bertz CT molecular complexity index is 1370. The minimum Gasteiger partial charge on any atom is -0.444 e. The number of ether oxygens (including phenoxy) is 1. The van der Waals surface area contributed by atoms with Crippen molar-refractivity contribution in [2.45, 2.75) is 64.3 Å². The Morgan fingerprint density at radius 3 is 2.45 bits per heavy atom. The number of likely N-dealkylation sites (tertiary alicyclic amines) is 1. The number of benzene rings is 2. The van der Waals surface area contributed by atoms with Crippen LogP contribution in [0.2, 0.25) is 5.02 Å². The molecule has 0 unspecified atom stereocenters. The molecule has 4 rings (SSSR count). The van der Waals surface area contributed by atoms with Crippen molar-refractivity contribution in [3.63, 3.8) is 0 Å². The molecule has 0 spiro atoms. The van der Waals surface area contributed by atoms with Gasteiger partial charge in [-0.1, -0.05) is 41.6 Å². The van der Waals surface area contributed by atoms with E-state index in [1.165, 1.54) is 12.1 Å². The molecule has 224 valence electrons. The number of halogens is 2. The maximum absolute atomic E-state index is 13.2. The summed E-state index contributed by atoms with van der Waals surface area (Å²) in [5.74, 6) is 5.71. The van der Waals surface area contributed by atoms with Crippen LogP contribution < -0.4 is 0 Å². The van der Waals surface area contributed by atoms with E-state index in [2.05, 4.69) is 16.7 Å². The van der Waals surface area contributed by atoms with Crippen molar-refractivity contribution in [1.82, 2.24) is 14.7 Å². The summed E-state index contributed by atoms with van der Waals surface area (Å²) in [5, 5.41) is 11.6. The molecule has 9 heteroatoms. The molecule has 2 aromatic carbocycles. The van der Waals surface area contributed by atoms with Gasteiger partial charge in [-0.15, -0.1) is 0 Å². The minimum absolute atomic E-state index is 0.0154. The molecule has 0 bridgehead atoms. The molecular weight excluding hydrogens is 557 g/mol. The van der Waals surface area contributed by atoms with E-state index in [4.69, 9.17) is 16.3 Å². The Balaban J connectivity index is 1.37. The second kappa shape index (κ2) is 13.3. The first-order chi connectivity index (χ1) is 19.8. The Kier molecular flexibility index (Phi) is 9.98. The number of hydrogen-bond donors (Lipinski definition) is 1. The highest BCUT2D eigenvalue weighted by Gasteiger charge is 2.34. The Labute approximate surface area is 252 Å². The second-order valence-electron chi connectivity index (χ2n) is 12.1. The Morgan fingerprint density at radius 1 is 1.12 bits per heavy atom. The molecule has 0 aromatic heterocycles.